The fourth-order valence-electron chi connectivity index (χ4n) is 10.1. The molecule has 2 bridgehead atoms. The Morgan fingerprint density at radius 1 is 1.00 bits per heavy atom. The maximum atomic E-state index is 12.2. The zero-order valence-electron chi connectivity index (χ0n) is 20.9. The summed E-state index contributed by atoms with van der Waals surface area (Å²) in [6.45, 7) is 11.5. The predicted molar refractivity (Wildman–Crippen MR) is 120 cm³/mol. The fourth-order valence-corrected chi connectivity index (χ4v) is 10.1. The summed E-state index contributed by atoms with van der Waals surface area (Å²) in [4.78, 5) is 24.4. The summed E-state index contributed by atoms with van der Waals surface area (Å²) >= 11 is 0. The Balaban J connectivity index is 1.39. The average Bonchev–Trinajstić information content (AvgIpc) is 3.15. The zero-order valence-corrected chi connectivity index (χ0v) is 20.9. The SMILES string of the molecule is CC(=O)O[C@@H]1C[C@@H]2[C@H](CC[C@H]3[C@@]2(C)CC[C@H]2C(C)(C)CCC[C@]32C)[C@H]2O[C@@H]3CC(=O)O[C@@]13O2. The van der Waals surface area contributed by atoms with Crippen molar-refractivity contribution in [1.82, 2.24) is 0 Å². The van der Waals surface area contributed by atoms with Gasteiger partial charge in [0.2, 0.25) is 0 Å². The van der Waals surface area contributed by atoms with Gasteiger partial charge < -0.3 is 18.9 Å². The van der Waals surface area contributed by atoms with E-state index in [1.807, 2.05) is 0 Å². The number of ether oxygens (including phenoxy) is 4. The Labute approximate surface area is 197 Å². The van der Waals surface area contributed by atoms with E-state index in [0.29, 0.717) is 29.1 Å². The topological polar surface area (TPSA) is 71.1 Å². The molecule has 33 heavy (non-hydrogen) atoms. The van der Waals surface area contributed by atoms with Crippen LogP contribution in [0, 0.1) is 39.9 Å². The first-order valence-electron chi connectivity index (χ1n) is 13.2. The highest BCUT2D eigenvalue weighted by Gasteiger charge is 2.71. The second-order valence-corrected chi connectivity index (χ2v) is 13.2. The number of esters is 2. The van der Waals surface area contributed by atoms with Crippen LogP contribution in [-0.2, 0) is 28.5 Å². The molecule has 3 saturated carbocycles. The Hall–Kier alpha value is -1.14. The molecule has 0 unspecified atom stereocenters. The van der Waals surface area contributed by atoms with Gasteiger partial charge in [-0.05, 0) is 78.9 Å². The molecule has 184 valence electrons. The lowest BCUT2D eigenvalue weighted by Gasteiger charge is -2.67. The largest absolute Gasteiger partial charge is 0.455 e. The molecule has 6 nitrogen and oxygen atoms in total. The third-order valence-corrected chi connectivity index (χ3v) is 11.2. The summed E-state index contributed by atoms with van der Waals surface area (Å²) in [6.07, 6.45) is 8.01. The number of carbonyl (C=O) groups is 2. The van der Waals surface area contributed by atoms with Gasteiger partial charge in [-0.2, -0.15) is 0 Å². The summed E-state index contributed by atoms with van der Waals surface area (Å²) < 4.78 is 24.4. The van der Waals surface area contributed by atoms with E-state index in [1.54, 1.807) is 0 Å². The molecule has 6 heteroatoms. The van der Waals surface area contributed by atoms with Gasteiger partial charge in [0, 0.05) is 12.8 Å². The Kier molecular flexibility index (Phi) is 4.71. The molecular weight excluding hydrogens is 420 g/mol. The fraction of sp³-hybridized carbons (Fsp3) is 0.926. The first-order valence-corrected chi connectivity index (χ1v) is 13.2. The van der Waals surface area contributed by atoms with Crippen molar-refractivity contribution in [2.45, 2.75) is 117 Å². The Bertz CT molecular complexity index is 869. The molecule has 1 spiro atoms. The van der Waals surface area contributed by atoms with Gasteiger partial charge in [0.15, 0.2) is 12.4 Å². The number of rotatable bonds is 1. The highest BCUT2D eigenvalue weighted by molar-refractivity contribution is 5.74. The minimum Gasteiger partial charge on any atom is -0.455 e. The van der Waals surface area contributed by atoms with E-state index < -0.39 is 18.0 Å². The molecule has 0 N–H and O–H groups in total. The van der Waals surface area contributed by atoms with Gasteiger partial charge in [0.05, 0.1) is 6.42 Å². The highest BCUT2D eigenvalue weighted by atomic mass is 16.9. The van der Waals surface area contributed by atoms with Crippen LogP contribution in [0.2, 0.25) is 0 Å². The summed E-state index contributed by atoms with van der Waals surface area (Å²) in [5, 5.41) is 0. The molecule has 10 atom stereocenters. The lowest BCUT2D eigenvalue weighted by atomic mass is 9.38. The molecule has 0 amide bonds. The van der Waals surface area contributed by atoms with Crippen LogP contribution in [0.4, 0.5) is 0 Å². The summed E-state index contributed by atoms with van der Waals surface area (Å²) in [6, 6.07) is 0. The number of hydrogen-bond donors (Lipinski definition) is 0. The van der Waals surface area contributed by atoms with Gasteiger partial charge in [0.25, 0.3) is 5.79 Å². The quantitative estimate of drug-likeness (QED) is 0.514. The lowest BCUT2D eigenvalue weighted by molar-refractivity contribution is -0.255. The van der Waals surface area contributed by atoms with Crippen LogP contribution < -0.4 is 0 Å². The van der Waals surface area contributed by atoms with E-state index in [4.69, 9.17) is 18.9 Å². The zero-order chi connectivity index (χ0) is 23.4. The Morgan fingerprint density at radius 2 is 1.79 bits per heavy atom. The summed E-state index contributed by atoms with van der Waals surface area (Å²) in [5.41, 5.74) is 0.862. The first kappa shape index (κ1) is 22.3. The second-order valence-electron chi connectivity index (χ2n) is 13.2. The van der Waals surface area contributed by atoms with Crippen LogP contribution in [0.3, 0.4) is 0 Å². The van der Waals surface area contributed by atoms with Crippen LogP contribution in [0.1, 0.15) is 92.4 Å². The van der Waals surface area contributed by atoms with Crippen molar-refractivity contribution in [2.24, 2.45) is 39.9 Å². The third-order valence-electron chi connectivity index (χ3n) is 11.2. The smallest absolute Gasteiger partial charge is 0.311 e. The molecule has 3 aliphatic heterocycles. The van der Waals surface area contributed by atoms with E-state index in [-0.39, 0.29) is 36.0 Å². The first-order chi connectivity index (χ1) is 15.5. The molecule has 3 heterocycles. The molecule has 3 saturated heterocycles. The van der Waals surface area contributed by atoms with Crippen molar-refractivity contribution in [3.8, 4) is 0 Å². The molecule has 6 fully saturated rings. The standard InChI is InChI=1S/C27H40O6/c1-15(28)30-20-13-17-16(23-31-21-14-22(29)32-27(20,21)33-23)7-8-19-25(17,4)12-9-18-24(2,3)10-6-11-26(18,19)5/h16-21,23H,6-14H2,1-5H3/t16-,17+,18-,19-,20+,21+,23-,25-,26-,27+/m0/s1. The number of hydrogen-bond acceptors (Lipinski definition) is 6. The molecule has 0 radical (unpaired) electrons. The van der Waals surface area contributed by atoms with Crippen LogP contribution in [0.25, 0.3) is 0 Å². The molecule has 6 aliphatic rings. The minimum atomic E-state index is -1.27. The van der Waals surface area contributed by atoms with Crippen LogP contribution in [0.5, 0.6) is 0 Å². The van der Waals surface area contributed by atoms with E-state index >= 15 is 0 Å². The Morgan fingerprint density at radius 3 is 2.55 bits per heavy atom. The van der Waals surface area contributed by atoms with Gasteiger partial charge in [-0.3, -0.25) is 9.59 Å². The van der Waals surface area contributed by atoms with E-state index in [9.17, 15) is 9.59 Å². The van der Waals surface area contributed by atoms with Crippen molar-refractivity contribution in [2.75, 3.05) is 0 Å². The van der Waals surface area contributed by atoms with Gasteiger partial charge >= 0.3 is 11.9 Å². The van der Waals surface area contributed by atoms with Crippen molar-refractivity contribution >= 4 is 11.9 Å². The molecule has 6 rings (SSSR count). The van der Waals surface area contributed by atoms with Crippen molar-refractivity contribution in [1.29, 1.82) is 0 Å². The van der Waals surface area contributed by atoms with Gasteiger partial charge in [0.1, 0.15) is 6.10 Å². The maximum Gasteiger partial charge on any atom is 0.311 e. The minimum absolute atomic E-state index is 0.131. The average molecular weight is 461 g/mol. The molecular formula is C27H40O6. The van der Waals surface area contributed by atoms with E-state index in [0.717, 1.165) is 12.3 Å². The van der Waals surface area contributed by atoms with Crippen molar-refractivity contribution in [3.05, 3.63) is 0 Å². The normalized spacial score (nSPS) is 54.2. The lowest BCUT2D eigenvalue weighted by Crippen LogP contribution is -2.61. The van der Waals surface area contributed by atoms with Crippen LogP contribution in [-0.4, -0.2) is 36.2 Å². The van der Waals surface area contributed by atoms with Gasteiger partial charge in [-0.15, -0.1) is 0 Å². The predicted octanol–water partition coefficient (Wildman–Crippen LogP) is 4.98. The van der Waals surface area contributed by atoms with Gasteiger partial charge in [-0.1, -0.05) is 34.1 Å². The summed E-state index contributed by atoms with van der Waals surface area (Å²) in [7, 11) is 0. The van der Waals surface area contributed by atoms with E-state index in [1.165, 1.54) is 45.4 Å². The molecule has 0 aromatic heterocycles. The molecule has 3 aliphatic carbocycles. The number of carbonyl (C=O) groups excluding carboxylic acids is 2. The second kappa shape index (κ2) is 6.96. The van der Waals surface area contributed by atoms with Crippen LogP contribution >= 0.6 is 0 Å². The van der Waals surface area contributed by atoms with Crippen LogP contribution in [0.15, 0.2) is 0 Å². The maximum absolute atomic E-state index is 12.2. The van der Waals surface area contributed by atoms with Crippen molar-refractivity contribution in [3.63, 3.8) is 0 Å². The van der Waals surface area contributed by atoms with E-state index in [2.05, 4.69) is 27.7 Å². The summed E-state index contributed by atoms with van der Waals surface area (Å²) in [5.74, 6) is -0.0156. The molecule has 0 aromatic rings. The third kappa shape index (κ3) is 2.92. The van der Waals surface area contributed by atoms with Crippen molar-refractivity contribution < 1.29 is 28.5 Å². The monoisotopic (exact) mass is 460 g/mol. The highest BCUT2D eigenvalue weighted by Crippen LogP contribution is 2.71. The number of fused-ring (bicyclic) bond motifs is 7. The molecule has 0 aromatic carbocycles. The van der Waals surface area contributed by atoms with Gasteiger partial charge in [-0.25, -0.2) is 0 Å².